The predicted octanol–water partition coefficient (Wildman–Crippen LogP) is 4.34. The van der Waals surface area contributed by atoms with Crippen LogP contribution in [-0.2, 0) is 0 Å². The number of benzene rings is 2. The SMILES string of the molecule is O=C(Nc1ccc(O)cc1)Nc1cc(Cl)ccc1Cl. The van der Waals surface area contributed by atoms with Gasteiger partial charge in [0, 0.05) is 10.7 Å². The molecule has 98 valence electrons. The molecule has 0 atom stereocenters. The Morgan fingerprint density at radius 3 is 2.37 bits per heavy atom. The molecule has 0 heterocycles. The molecule has 0 saturated heterocycles. The predicted molar refractivity (Wildman–Crippen MR) is 77.2 cm³/mol. The summed E-state index contributed by atoms with van der Waals surface area (Å²) in [7, 11) is 0. The molecular weight excluding hydrogens is 287 g/mol. The van der Waals surface area contributed by atoms with E-state index in [4.69, 9.17) is 28.3 Å². The number of hydrogen-bond donors (Lipinski definition) is 3. The molecular formula is C13H10Cl2N2O2. The average molecular weight is 297 g/mol. The topological polar surface area (TPSA) is 61.4 Å². The van der Waals surface area contributed by atoms with E-state index in [2.05, 4.69) is 10.6 Å². The molecule has 6 heteroatoms. The van der Waals surface area contributed by atoms with Crippen molar-refractivity contribution in [3.8, 4) is 5.75 Å². The second-order valence-electron chi connectivity index (χ2n) is 3.75. The number of halogens is 2. The summed E-state index contributed by atoms with van der Waals surface area (Å²) in [6.45, 7) is 0. The molecule has 2 aromatic carbocycles. The lowest BCUT2D eigenvalue weighted by molar-refractivity contribution is 0.262. The van der Waals surface area contributed by atoms with Gasteiger partial charge in [0.15, 0.2) is 0 Å². The molecule has 0 saturated carbocycles. The zero-order valence-electron chi connectivity index (χ0n) is 9.65. The highest BCUT2D eigenvalue weighted by Gasteiger charge is 2.06. The number of amides is 2. The lowest BCUT2D eigenvalue weighted by Gasteiger charge is -2.09. The van der Waals surface area contributed by atoms with E-state index in [1.165, 1.54) is 12.1 Å². The van der Waals surface area contributed by atoms with Crippen molar-refractivity contribution in [1.29, 1.82) is 0 Å². The molecule has 0 aromatic heterocycles. The minimum atomic E-state index is -0.449. The number of rotatable bonds is 2. The third-order valence-corrected chi connectivity index (χ3v) is 2.87. The quantitative estimate of drug-likeness (QED) is 0.722. The molecule has 4 nitrogen and oxygen atoms in total. The number of aromatic hydroxyl groups is 1. The molecule has 0 aliphatic carbocycles. The van der Waals surface area contributed by atoms with Gasteiger partial charge in [0.2, 0.25) is 0 Å². The van der Waals surface area contributed by atoms with Crippen molar-refractivity contribution < 1.29 is 9.90 Å². The molecule has 19 heavy (non-hydrogen) atoms. The van der Waals surface area contributed by atoms with E-state index < -0.39 is 6.03 Å². The van der Waals surface area contributed by atoms with Crippen LogP contribution in [0.25, 0.3) is 0 Å². The van der Waals surface area contributed by atoms with Crippen LogP contribution >= 0.6 is 23.2 Å². The fraction of sp³-hybridized carbons (Fsp3) is 0. The Morgan fingerprint density at radius 2 is 1.68 bits per heavy atom. The van der Waals surface area contributed by atoms with Crippen molar-refractivity contribution in [1.82, 2.24) is 0 Å². The summed E-state index contributed by atoms with van der Waals surface area (Å²) in [5.41, 5.74) is 0.971. The van der Waals surface area contributed by atoms with Crippen LogP contribution in [0.2, 0.25) is 10.0 Å². The number of carbonyl (C=O) groups excluding carboxylic acids is 1. The minimum Gasteiger partial charge on any atom is -0.508 e. The van der Waals surface area contributed by atoms with Gasteiger partial charge in [0.25, 0.3) is 0 Å². The summed E-state index contributed by atoms with van der Waals surface area (Å²) in [4.78, 5) is 11.7. The first-order valence-electron chi connectivity index (χ1n) is 5.37. The van der Waals surface area contributed by atoms with Crippen LogP contribution < -0.4 is 10.6 Å². The maximum absolute atomic E-state index is 11.7. The monoisotopic (exact) mass is 296 g/mol. The fourth-order valence-corrected chi connectivity index (χ4v) is 1.76. The summed E-state index contributed by atoms with van der Waals surface area (Å²) in [5.74, 6) is 0.129. The van der Waals surface area contributed by atoms with Crippen LogP contribution in [0.5, 0.6) is 5.75 Å². The summed E-state index contributed by atoms with van der Waals surface area (Å²) in [6.07, 6.45) is 0. The van der Waals surface area contributed by atoms with Crippen LogP contribution in [0.15, 0.2) is 42.5 Å². The number of phenols is 1. The highest BCUT2D eigenvalue weighted by atomic mass is 35.5. The Balaban J connectivity index is 2.05. The third kappa shape index (κ3) is 3.77. The van der Waals surface area contributed by atoms with Crippen molar-refractivity contribution in [2.45, 2.75) is 0 Å². The number of anilines is 2. The minimum absolute atomic E-state index is 0.129. The van der Waals surface area contributed by atoms with E-state index in [0.717, 1.165) is 0 Å². The first-order chi connectivity index (χ1) is 9.04. The van der Waals surface area contributed by atoms with E-state index in [9.17, 15) is 4.79 Å². The molecule has 0 aliphatic rings. The second-order valence-corrected chi connectivity index (χ2v) is 4.59. The summed E-state index contributed by atoms with van der Waals surface area (Å²) < 4.78 is 0. The largest absolute Gasteiger partial charge is 0.508 e. The molecule has 3 N–H and O–H groups in total. The Hall–Kier alpha value is -1.91. The first kappa shape index (κ1) is 13.5. The van der Waals surface area contributed by atoms with Gasteiger partial charge in [-0.2, -0.15) is 0 Å². The Bertz CT molecular complexity index is 600. The van der Waals surface area contributed by atoms with Crippen molar-refractivity contribution in [2.24, 2.45) is 0 Å². The van der Waals surface area contributed by atoms with Gasteiger partial charge in [-0.1, -0.05) is 23.2 Å². The maximum atomic E-state index is 11.7. The smallest absolute Gasteiger partial charge is 0.323 e. The number of urea groups is 1. The summed E-state index contributed by atoms with van der Waals surface area (Å²) in [6, 6.07) is 10.4. The normalized spacial score (nSPS) is 10.0. The molecule has 0 fully saturated rings. The first-order valence-corrected chi connectivity index (χ1v) is 6.12. The number of nitrogens with one attached hydrogen (secondary N) is 2. The van der Waals surface area contributed by atoms with Gasteiger partial charge < -0.3 is 15.7 Å². The van der Waals surface area contributed by atoms with Crippen LogP contribution in [0, 0.1) is 0 Å². The van der Waals surface area contributed by atoms with Crippen LogP contribution in [0.1, 0.15) is 0 Å². The van der Waals surface area contributed by atoms with Crippen molar-refractivity contribution in [2.75, 3.05) is 10.6 Å². The van der Waals surface area contributed by atoms with E-state index >= 15 is 0 Å². The average Bonchev–Trinajstić information content (AvgIpc) is 2.37. The van der Waals surface area contributed by atoms with Crippen molar-refractivity contribution in [3.63, 3.8) is 0 Å². The standard InChI is InChI=1S/C13H10Cl2N2O2/c14-8-1-6-11(15)12(7-8)17-13(19)16-9-2-4-10(18)5-3-9/h1-7,18H,(H2,16,17,19). The Kier molecular flexibility index (Phi) is 4.14. The fourth-order valence-electron chi connectivity index (χ4n) is 1.42. The summed E-state index contributed by atoms with van der Waals surface area (Å²) >= 11 is 11.7. The van der Waals surface area contributed by atoms with E-state index in [0.29, 0.717) is 21.4 Å². The Morgan fingerprint density at radius 1 is 1.00 bits per heavy atom. The molecule has 2 rings (SSSR count). The van der Waals surface area contributed by atoms with Crippen molar-refractivity contribution in [3.05, 3.63) is 52.5 Å². The van der Waals surface area contributed by atoms with E-state index in [1.807, 2.05) is 0 Å². The lowest BCUT2D eigenvalue weighted by Crippen LogP contribution is -2.19. The molecule has 2 amide bonds. The lowest BCUT2D eigenvalue weighted by atomic mass is 10.3. The van der Waals surface area contributed by atoms with Crippen LogP contribution in [0.3, 0.4) is 0 Å². The molecule has 0 radical (unpaired) electrons. The van der Waals surface area contributed by atoms with Gasteiger partial charge in [-0.25, -0.2) is 4.79 Å². The van der Waals surface area contributed by atoms with Crippen LogP contribution in [-0.4, -0.2) is 11.1 Å². The number of hydrogen-bond acceptors (Lipinski definition) is 2. The molecule has 0 bridgehead atoms. The third-order valence-electron chi connectivity index (χ3n) is 2.30. The maximum Gasteiger partial charge on any atom is 0.323 e. The zero-order valence-corrected chi connectivity index (χ0v) is 11.2. The van der Waals surface area contributed by atoms with Gasteiger partial charge >= 0.3 is 6.03 Å². The number of carbonyl (C=O) groups is 1. The van der Waals surface area contributed by atoms with Crippen molar-refractivity contribution >= 4 is 40.6 Å². The molecule has 0 spiro atoms. The molecule has 0 unspecified atom stereocenters. The Labute approximate surface area is 120 Å². The second kappa shape index (κ2) is 5.82. The van der Waals surface area contributed by atoms with Gasteiger partial charge in [-0.15, -0.1) is 0 Å². The van der Waals surface area contributed by atoms with Gasteiger partial charge in [0.1, 0.15) is 5.75 Å². The number of phenolic OH excluding ortho intramolecular Hbond substituents is 1. The van der Waals surface area contributed by atoms with E-state index in [1.54, 1.807) is 30.3 Å². The summed E-state index contributed by atoms with van der Waals surface area (Å²) in [5, 5.41) is 15.2. The van der Waals surface area contributed by atoms with Gasteiger partial charge in [-0.3, -0.25) is 0 Å². The zero-order chi connectivity index (χ0) is 13.8. The van der Waals surface area contributed by atoms with Gasteiger partial charge in [0.05, 0.1) is 10.7 Å². The highest BCUT2D eigenvalue weighted by molar-refractivity contribution is 6.35. The van der Waals surface area contributed by atoms with Gasteiger partial charge in [-0.05, 0) is 42.5 Å². The van der Waals surface area contributed by atoms with E-state index in [-0.39, 0.29) is 5.75 Å². The molecule has 2 aromatic rings. The van der Waals surface area contributed by atoms with Crippen LogP contribution in [0.4, 0.5) is 16.2 Å². The highest BCUT2D eigenvalue weighted by Crippen LogP contribution is 2.25. The molecule has 0 aliphatic heterocycles.